The first kappa shape index (κ1) is 8.15. The van der Waals surface area contributed by atoms with Gasteiger partial charge in [0.05, 0.1) is 0 Å². The molecule has 50 valence electrons. The SMILES string of the molecule is C=CCC/C=C(\C)C=O. The molecule has 0 aromatic heterocycles. The minimum Gasteiger partial charge on any atom is -0.298 e. The van der Waals surface area contributed by atoms with Gasteiger partial charge in [0.25, 0.3) is 0 Å². The third-order valence-electron chi connectivity index (χ3n) is 1.02. The Hall–Kier alpha value is -0.850. The van der Waals surface area contributed by atoms with E-state index in [2.05, 4.69) is 6.58 Å². The van der Waals surface area contributed by atoms with Crippen LogP contribution in [0.25, 0.3) is 0 Å². The molecule has 0 heterocycles. The predicted molar refractivity (Wildman–Crippen MR) is 39.3 cm³/mol. The molecule has 0 aromatic rings. The van der Waals surface area contributed by atoms with E-state index in [1.807, 2.05) is 12.2 Å². The van der Waals surface area contributed by atoms with E-state index in [0.29, 0.717) is 0 Å². The average molecular weight is 124 g/mol. The van der Waals surface area contributed by atoms with Gasteiger partial charge < -0.3 is 0 Å². The average Bonchev–Trinajstić information content (AvgIpc) is 1.89. The Labute approximate surface area is 56.1 Å². The summed E-state index contributed by atoms with van der Waals surface area (Å²) in [6.45, 7) is 5.37. The van der Waals surface area contributed by atoms with E-state index in [1.54, 1.807) is 6.92 Å². The first-order chi connectivity index (χ1) is 4.31. The summed E-state index contributed by atoms with van der Waals surface area (Å²) in [6.07, 6.45) is 6.49. The van der Waals surface area contributed by atoms with Crippen molar-refractivity contribution in [2.45, 2.75) is 19.8 Å². The van der Waals surface area contributed by atoms with E-state index >= 15 is 0 Å². The van der Waals surface area contributed by atoms with E-state index in [4.69, 9.17) is 0 Å². The molecule has 0 saturated carbocycles. The van der Waals surface area contributed by atoms with Crippen LogP contribution in [0.1, 0.15) is 19.8 Å². The Balaban J connectivity index is 3.42. The number of carbonyl (C=O) groups excluding carboxylic acids is 1. The van der Waals surface area contributed by atoms with Crippen LogP contribution in [-0.4, -0.2) is 6.29 Å². The molecule has 0 aliphatic heterocycles. The molecule has 1 heteroatoms. The van der Waals surface area contributed by atoms with Crippen LogP contribution in [0.15, 0.2) is 24.3 Å². The van der Waals surface area contributed by atoms with Gasteiger partial charge in [-0.15, -0.1) is 6.58 Å². The number of allylic oxidation sites excluding steroid dienone is 3. The Kier molecular flexibility index (Phi) is 4.79. The molecule has 0 N–H and O–H groups in total. The number of aldehydes is 1. The van der Waals surface area contributed by atoms with E-state index in [0.717, 1.165) is 24.7 Å². The first-order valence-corrected chi connectivity index (χ1v) is 3.04. The van der Waals surface area contributed by atoms with Crippen molar-refractivity contribution in [2.24, 2.45) is 0 Å². The molecule has 0 spiro atoms. The van der Waals surface area contributed by atoms with Crippen molar-refractivity contribution >= 4 is 6.29 Å². The lowest BCUT2D eigenvalue weighted by molar-refractivity contribution is -0.104. The van der Waals surface area contributed by atoms with Crippen molar-refractivity contribution in [1.29, 1.82) is 0 Å². The van der Waals surface area contributed by atoms with E-state index in [1.165, 1.54) is 0 Å². The van der Waals surface area contributed by atoms with Crippen molar-refractivity contribution in [3.8, 4) is 0 Å². The van der Waals surface area contributed by atoms with Gasteiger partial charge >= 0.3 is 0 Å². The van der Waals surface area contributed by atoms with Gasteiger partial charge in [-0.2, -0.15) is 0 Å². The highest BCUT2D eigenvalue weighted by molar-refractivity contribution is 5.71. The Morgan fingerprint density at radius 2 is 2.22 bits per heavy atom. The molecule has 0 fully saturated rings. The van der Waals surface area contributed by atoms with Crippen LogP contribution >= 0.6 is 0 Å². The van der Waals surface area contributed by atoms with Crippen LogP contribution in [-0.2, 0) is 4.79 Å². The Bertz CT molecular complexity index is 123. The second kappa shape index (κ2) is 5.29. The van der Waals surface area contributed by atoms with Crippen molar-refractivity contribution in [1.82, 2.24) is 0 Å². The third kappa shape index (κ3) is 5.01. The smallest absolute Gasteiger partial charge is 0.145 e. The predicted octanol–water partition coefficient (Wildman–Crippen LogP) is 2.10. The normalized spacial score (nSPS) is 11.0. The maximum atomic E-state index is 10.0. The first-order valence-electron chi connectivity index (χ1n) is 3.04. The molecule has 0 amide bonds. The molecule has 0 atom stereocenters. The fourth-order valence-electron chi connectivity index (χ4n) is 0.477. The Morgan fingerprint density at radius 3 is 2.67 bits per heavy atom. The maximum absolute atomic E-state index is 10.0. The number of hydrogen-bond donors (Lipinski definition) is 0. The molecule has 1 nitrogen and oxygen atoms in total. The molecule has 0 aromatic carbocycles. The highest BCUT2D eigenvalue weighted by Gasteiger charge is 1.80. The second-order valence-electron chi connectivity index (χ2n) is 1.93. The summed E-state index contributed by atoms with van der Waals surface area (Å²) in [7, 11) is 0. The van der Waals surface area contributed by atoms with E-state index in [-0.39, 0.29) is 0 Å². The Morgan fingerprint density at radius 1 is 1.56 bits per heavy atom. The summed E-state index contributed by atoms with van der Waals surface area (Å²) in [5.41, 5.74) is 0.803. The van der Waals surface area contributed by atoms with Gasteiger partial charge in [-0.3, -0.25) is 4.79 Å². The molecule has 0 aliphatic carbocycles. The maximum Gasteiger partial charge on any atom is 0.145 e. The van der Waals surface area contributed by atoms with Gasteiger partial charge in [0, 0.05) is 0 Å². The zero-order valence-electron chi connectivity index (χ0n) is 5.76. The topological polar surface area (TPSA) is 17.1 Å². The van der Waals surface area contributed by atoms with Crippen LogP contribution in [0, 0.1) is 0 Å². The molecular weight excluding hydrogens is 112 g/mol. The van der Waals surface area contributed by atoms with Crippen LogP contribution in [0.3, 0.4) is 0 Å². The van der Waals surface area contributed by atoms with Crippen molar-refractivity contribution in [3.05, 3.63) is 24.3 Å². The number of carbonyl (C=O) groups is 1. The zero-order valence-corrected chi connectivity index (χ0v) is 5.76. The van der Waals surface area contributed by atoms with Crippen LogP contribution in [0.2, 0.25) is 0 Å². The van der Waals surface area contributed by atoms with Crippen molar-refractivity contribution in [2.75, 3.05) is 0 Å². The largest absolute Gasteiger partial charge is 0.298 e. The van der Waals surface area contributed by atoms with Gasteiger partial charge in [0.1, 0.15) is 6.29 Å². The lowest BCUT2D eigenvalue weighted by Crippen LogP contribution is -1.74. The van der Waals surface area contributed by atoms with E-state index < -0.39 is 0 Å². The standard InChI is InChI=1S/C8H12O/c1-3-4-5-6-8(2)7-9/h3,6-7H,1,4-5H2,2H3/b8-6+. The van der Waals surface area contributed by atoms with Gasteiger partial charge in [0.15, 0.2) is 0 Å². The minimum absolute atomic E-state index is 0.803. The third-order valence-corrected chi connectivity index (χ3v) is 1.02. The number of hydrogen-bond acceptors (Lipinski definition) is 1. The second-order valence-corrected chi connectivity index (χ2v) is 1.93. The minimum atomic E-state index is 0.803. The van der Waals surface area contributed by atoms with Gasteiger partial charge in [-0.1, -0.05) is 12.2 Å². The lowest BCUT2D eigenvalue weighted by Gasteiger charge is -1.85. The summed E-state index contributed by atoms with van der Waals surface area (Å²) in [5.74, 6) is 0. The molecule has 0 aliphatic rings. The van der Waals surface area contributed by atoms with Crippen LogP contribution in [0.4, 0.5) is 0 Å². The fraction of sp³-hybridized carbons (Fsp3) is 0.375. The summed E-state index contributed by atoms with van der Waals surface area (Å²) < 4.78 is 0. The zero-order chi connectivity index (χ0) is 7.11. The van der Waals surface area contributed by atoms with Gasteiger partial charge in [0.2, 0.25) is 0 Å². The lowest BCUT2D eigenvalue weighted by atomic mass is 10.2. The van der Waals surface area contributed by atoms with E-state index in [9.17, 15) is 4.79 Å². The van der Waals surface area contributed by atoms with Crippen LogP contribution < -0.4 is 0 Å². The summed E-state index contributed by atoms with van der Waals surface area (Å²) in [6, 6.07) is 0. The quantitative estimate of drug-likeness (QED) is 0.243. The fourth-order valence-corrected chi connectivity index (χ4v) is 0.477. The van der Waals surface area contributed by atoms with Gasteiger partial charge in [-0.05, 0) is 25.3 Å². The number of unbranched alkanes of at least 4 members (excludes halogenated alkanes) is 1. The highest BCUT2D eigenvalue weighted by Crippen LogP contribution is 1.95. The summed E-state index contributed by atoms with van der Waals surface area (Å²) >= 11 is 0. The highest BCUT2D eigenvalue weighted by atomic mass is 16.1. The van der Waals surface area contributed by atoms with Crippen molar-refractivity contribution in [3.63, 3.8) is 0 Å². The summed E-state index contributed by atoms with van der Waals surface area (Å²) in [4.78, 5) is 10.0. The van der Waals surface area contributed by atoms with Gasteiger partial charge in [-0.25, -0.2) is 0 Å². The number of rotatable bonds is 4. The van der Waals surface area contributed by atoms with Crippen molar-refractivity contribution < 1.29 is 4.79 Å². The summed E-state index contributed by atoms with van der Waals surface area (Å²) in [5, 5.41) is 0. The molecule has 0 saturated heterocycles. The molecule has 0 unspecified atom stereocenters. The molecular formula is C8H12O. The molecule has 0 rings (SSSR count). The molecule has 0 radical (unpaired) electrons. The molecule has 0 bridgehead atoms. The van der Waals surface area contributed by atoms with Crippen LogP contribution in [0.5, 0.6) is 0 Å². The monoisotopic (exact) mass is 124 g/mol. The molecule has 9 heavy (non-hydrogen) atoms.